The third-order valence-corrected chi connectivity index (χ3v) is 2.15. The fourth-order valence-electron chi connectivity index (χ4n) is 1.37. The minimum absolute atomic E-state index is 0.177. The highest BCUT2D eigenvalue weighted by Crippen LogP contribution is 2.26. The van der Waals surface area contributed by atoms with E-state index in [4.69, 9.17) is 10.8 Å². The molecule has 0 saturated heterocycles. The lowest BCUT2D eigenvalue weighted by Crippen LogP contribution is -2.23. The summed E-state index contributed by atoms with van der Waals surface area (Å²) >= 11 is 0. The number of aliphatic hydroxyl groups is 2. The lowest BCUT2D eigenvalue weighted by Gasteiger charge is -2.18. The molecule has 5 nitrogen and oxygen atoms in total. The van der Waals surface area contributed by atoms with Crippen LogP contribution in [0.1, 0.15) is 18.1 Å². The summed E-state index contributed by atoms with van der Waals surface area (Å²) in [6, 6.07) is 1.55. The number of halogens is 2. The van der Waals surface area contributed by atoms with Gasteiger partial charge in [-0.2, -0.15) is 0 Å². The maximum atomic E-state index is 13.3. The van der Waals surface area contributed by atoms with Crippen molar-refractivity contribution in [3.05, 3.63) is 29.3 Å². The van der Waals surface area contributed by atoms with E-state index in [0.29, 0.717) is 0 Å². The average Bonchev–Trinajstić information content (AvgIpc) is 2.14. The van der Waals surface area contributed by atoms with E-state index in [1.807, 2.05) is 0 Å². The molecule has 0 aromatic heterocycles. The summed E-state index contributed by atoms with van der Waals surface area (Å²) in [6.07, 6.45) is -4.60. The van der Waals surface area contributed by atoms with Gasteiger partial charge in [-0.1, -0.05) is 0 Å². The summed E-state index contributed by atoms with van der Waals surface area (Å²) in [5.41, 5.74) is 4.19. The lowest BCUT2D eigenvalue weighted by molar-refractivity contribution is -0.141. The van der Waals surface area contributed by atoms with Crippen LogP contribution in [0.5, 0.6) is 0 Å². The van der Waals surface area contributed by atoms with E-state index in [0.717, 1.165) is 12.1 Å². The normalized spacial score (nSPS) is 14.4. The number of carboxylic acid groups (broad SMARTS) is 1. The summed E-state index contributed by atoms with van der Waals surface area (Å²) in [4.78, 5) is 10.3. The molecule has 2 unspecified atom stereocenters. The number of hydrogen-bond acceptors (Lipinski definition) is 4. The first-order valence-electron chi connectivity index (χ1n) is 4.65. The molecule has 0 heterocycles. The molecule has 0 radical (unpaired) electrons. The van der Waals surface area contributed by atoms with E-state index < -0.39 is 41.8 Å². The van der Waals surface area contributed by atoms with Crippen LogP contribution in [-0.2, 0) is 4.79 Å². The highest BCUT2D eigenvalue weighted by molar-refractivity contribution is 5.67. The van der Waals surface area contributed by atoms with Crippen molar-refractivity contribution in [2.45, 2.75) is 18.6 Å². The fourth-order valence-corrected chi connectivity index (χ4v) is 1.37. The zero-order chi connectivity index (χ0) is 13.2. The summed E-state index contributed by atoms with van der Waals surface area (Å²) < 4.78 is 26.6. The van der Waals surface area contributed by atoms with E-state index in [-0.39, 0.29) is 5.69 Å². The molecule has 5 N–H and O–H groups in total. The average molecular weight is 247 g/mol. The van der Waals surface area contributed by atoms with Crippen LogP contribution in [0, 0.1) is 11.6 Å². The van der Waals surface area contributed by atoms with Gasteiger partial charge in [0.15, 0.2) is 0 Å². The van der Waals surface area contributed by atoms with Crippen molar-refractivity contribution >= 4 is 11.7 Å². The van der Waals surface area contributed by atoms with Crippen LogP contribution in [-0.4, -0.2) is 27.4 Å². The van der Waals surface area contributed by atoms with Gasteiger partial charge in [0.2, 0.25) is 0 Å². The van der Waals surface area contributed by atoms with Gasteiger partial charge in [-0.25, -0.2) is 8.78 Å². The molecule has 0 bridgehead atoms. The van der Waals surface area contributed by atoms with Gasteiger partial charge in [-0.3, -0.25) is 4.79 Å². The number of aliphatic hydroxyl groups excluding tert-OH is 2. The van der Waals surface area contributed by atoms with Gasteiger partial charge < -0.3 is 21.1 Å². The van der Waals surface area contributed by atoms with Gasteiger partial charge in [-0.15, -0.1) is 0 Å². The number of nitrogen functional groups attached to an aromatic ring is 1. The van der Waals surface area contributed by atoms with Gasteiger partial charge in [-0.05, 0) is 12.1 Å². The third kappa shape index (κ3) is 3.11. The molecule has 94 valence electrons. The number of rotatable bonds is 4. The molecule has 0 aliphatic carbocycles. The third-order valence-electron chi connectivity index (χ3n) is 2.15. The molecule has 2 atom stereocenters. The molecule has 1 aromatic rings. The first kappa shape index (κ1) is 13.3. The topological polar surface area (TPSA) is 104 Å². The van der Waals surface area contributed by atoms with Crippen LogP contribution in [0.25, 0.3) is 0 Å². The lowest BCUT2D eigenvalue weighted by atomic mass is 10.0. The largest absolute Gasteiger partial charge is 0.481 e. The molecule has 0 amide bonds. The maximum Gasteiger partial charge on any atom is 0.306 e. The van der Waals surface area contributed by atoms with Gasteiger partial charge in [0.25, 0.3) is 0 Å². The van der Waals surface area contributed by atoms with Gasteiger partial charge in [0.05, 0.1) is 18.1 Å². The Morgan fingerprint density at radius 2 is 1.76 bits per heavy atom. The molecule has 1 rings (SSSR count). The number of carboxylic acids is 1. The van der Waals surface area contributed by atoms with Crippen LogP contribution in [0.2, 0.25) is 0 Å². The Balaban J connectivity index is 3.03. The number of aliphatic carboxylic acids is 1. The number of carbonyl (C=O) groups is 1. The predicted octanol–water partition coefficient (Wildman–Crippen LogP) is 0.416. The Bertz CT molecular complexity index is 415. The van der Waals surface area contributed by atoms with Crippen molar-refractivity contribution in [3.63, 3.8) is 0 Å². The minimum Gasteiger partial charge on any atom is -0.481 e. The van der Waals surface area contributed by atoms with Crippen molar-refractivity contribution in [3.8, 4) is 0 Å². The molecular formula is C10H11F2NO4. The van der Waals surface area contributed by atoms with Crippen molar-refractivity contribution in [2.75, 3.05) is 5.73 Å². The Morgan fingerprint density at radius 3 is 2.18 bits per heavy atom. The van der Waals surface area contributed by atoms with E-state index in [2.05, 4.69) is 0 Å². The quantitative estimate of drug-likeness (QED) is 0.577. The van der Waals surface area contributed by atoms with E-state index in [1.165, 1.54) is 0 Å². The highest BCUT2D eigenvalue weighted by atomic mass is 19.1. The van der Waals surface area contributed by atoms with Crippen molar-refractivity contribution in [2.24, 2.45) is 0 Å². The Labute approximate surface area is 95.1 Å². The molecule has 0 aliphatic rings. The number of hydrogen-bond donors (Lipinski definition) is 4. The standard InChI is InChI=1S/C10H11F2NO4/c11-5-1-4(13)2-6(12)9(5)10(17)7(14)3-8(15)16/h1-2,7,10,14,17H,3,13H2,(H,15,16). The molecule has 0 saturated carbocycles. The number of anilines is 1. The van der Waals surface area contributed by atoms with Crippen LogP contribution < -0.4 is 5.73 Å². The maximum absolute atomic E-state index is 13.3. The Kier molecular flexibility index (Phi) is 3.97. The Morgan fingerprint density at radius 1 is 1.29 bits per heavy atom. The molecule has 7 heteroatoms. The van der Waals surface area contributed by atoms with Crippen LogP contribution >= 0.6 is 0 Å². The van der Waals surface area contributed by atoms with Crippen molar-refractivity contribution in [1.82, 2.24) is 0 Å². The monoisotopic (exact) mass is 247 g/mol. The van der Waals surface area contributed by atoms with Crippen molar-refractivity contribution in [1.29, 1.82) is 0 Å². The summed E-state index contributed by atoms with van der Waals surface area (Å²) in [6.45, 7) is 0. The van der Waals surface area contributed by atoms with Gasteiger partial charge in [0.1, 0.15) is 17.7 Å². The van der Waals surface area contributed by atoms with Crippen LogP contribution in [0.4, 0.5) is 14.5 Å². The SMILES string of the molecule is Nc1cc(F)c(C(O)C(O)CC(=O)O)c(F)c1. The van der Waals surface area contributed by atoms with E-state index >= 15 is 0 Å². The molecule has 0 fully saturated rings. The van der Waals surface area contributed by atoms with Crippen LogP contribution in [0.3, 0.4) is 0 Å². The second-order valence-electron chi connectivity index (χ2n) is 3.51. The number of benzene rings is 1. The van der Waals surface area contributed by atoms with E-state index in [1.54, 1.807) is 0 Å². The first-order chi connectivity index (χ1) is 7.82. The van der Waals surface area contributed by atoms with Crippen molar-refractivity contribution < 1.29 is 28.9 Å². The summed E-state index contributed by atoms with van der Waals surface area (Å²) in [5, 5.41) is 27.1. The Hall–Kier alpha value is -1.73. The molecule has 1 aromatic carbocycles. The molecule has 0 spiro atoms. The second-order valence-corrected chi connectivity index (χ2v) is 3.51. The smallest absolute Gasteiger partial charge is 0.306 e. The summed E-state index contributed by atoms with van der Waals surface area (Å²) in [5.74, 6) is -3.67. The van der Waals surface area contributed by atoms with Gasteiger partial charge in [0, 0.05) is 5.69 Å². The fraction of sp³-hybridized carbons (Fsp3) is 0.300. The molecule has 0 aliphatic heterocycles. The highest BCUT2D eigenvalue weighted by Gasteiger charge is 2.27. The second kappa shape index (κ2) is 5.07. The number of nitrogens with two attached hydrogens (primary N) is 1. The first-order valence-corrected chi connectivity index (χ1v) is 4.65. The zero-order valence-electron chi connectivity index (χ0n) is 8.60. The predicted molar refractivity (Wildman–Crippen MR) is 54.0 cm³/mol. The van der Waals surface area contributed by atoms with Gasteiger partial charge >= 0.3 is 5.97 Å². The zero-order valence-corrected chi connectivity index (χ0v) is 8.60. The minimum atomic E-state index is -1.97. The van der Waals surface area contributed by atoms with E-state index in [9.17, 15) is 23.8 Å². The molecular weight excluding hydrogens is 236 g/mol. The molecule has 17 heavy (non-hydrogen) atoms. The summed E-state index contributed by atoms with van der Waals surface area (Å²) in [7, 11) is 0. The van der Waals surface area contributed by atoms with Crippen LogP contribution in [0.15, 0.2) is 12.1 Å².